The van der Waals surface area contributed by atoms with Gasteiger partial charge in [0.2, 0.25) is 0 Å². The maximum absolute atomic E-state index is 11.5. The first-order valence-electron chi connectivity index (χ1n) is 5.24. The van der Waals surface area contributed by atoms with E-state index in [2.05, 4.69) is 18.1 Å². The third-order valence-electron chi connectivity index (χ3n) is 2.10. The van der Waals surface area contributed by atoms with Gasteiger partial charge in [-0.1, -0.05) is 0 Å². The topological polar surface area (TPSA) is 210 Å². The molecule has 1 heterocycles. The van der Waals surface area contributed by atoms with Crippen molar-refractivity contribution in [2.45, 2.75) is 24.5 Å². The highest BCUT2D eigenvalue weighted by Crippen LogP contribution is 2.65. The lowest BCUT2D eigenvalue weighted by molar-refractivity contribution is -0.147. The van der Waals surface area contributed by atoms with Gasteiger partial charge in [-0.25, -0.2) is 13.4 Å². The molecular formula is C5H12BO13P3. The Morgan fingerprint density at radius 3 is 1.95 bits per heavy atom. The maximum Gasteiger partial charge on any atom is 0.488 e. The normalized spacial score (nSPS) is 35.0. The molecule has 0 aromatic heterocycles. The van der Waals surface area contributed by atoms with E-state index in [1.165, 1.54) is 0 Å². The van der Waals surface area contributed by atoms with Crippen LogP contribution in [0, 0.1) is 0 Å². The Bertz CT molecular complexity index is 532. The fraction of sp³-hybridized carbons (Fsp3) is 1.00. The molecule has 1 rings (SSSR count). The van der Waals surface area contributed by atoms with Gasteiger partial charge >= 0.3 is 23.2 Å². The molecule has 17 heteroatoms. The van der Waals surface area contributed by atoms with Gasteiger partial charge < -0.3 is 39.3 Å². The Morgan fingerprint density at radius 1 is 1.00 bits per heavy atom. The molecular weight excluding hydrogens is 372 g/mol. The summed E-state index contributed by atoms with van der Waals surface area (Å²) in [6.45, 7) is 0. The first kappa shape index (κ1) is 20.4. The van der Waals surface area contributed by atoms with Crippen LogP contribution in [0.15, 0.2) is 0 Å². The molecule has 0 bridgehead atoms. The van der Waals surface area contributed by atoms with Gasteiger partial charge in [-0.15, -0.1) is 0 Å². The van der Waals surface area contributed by atoms with E-state index < -0.39 is 54.1 Å². The molecule has 2 radical (unpaired) electrons. The smallest absolute Gasteiger partial charge is 0.388 e. The molecule has 1 saturated heterocycles. The van der Waals surface area contributed by atoms with Crippen molar-refractivity contribution < 1.29 is 61.6 Å². The molecule has 6 N–H and O–H groups in total. The minimum atomic E-state index is -5.57. The fourth-order valence-corrected chi connectivity index (χ4v) is 4.59. The average Bonchev–Trinajstić information content (AvgIpc) is 2.49. The summed E-state index contributed by atoms with van der Waals surface area (Å²) in [7, 11) is -10.9. The molecule has 0 saturated carbocycles. The number of ether oxygens (including phenoxy) is 2. The molecule has 1 aliphatic rings. The summed E-state index contributed by atoms with van der Waals surface area (Å²) < 4.78 is 49.2. The van der Waals surface area contributed by atoms with Crippen molar-refractivity contribution in [3.8, 4) is 0 Å². The van der Waals surface area contributed by atoms with E-state index in [-0.39, 0.29) is 0 Å². The van der Waals surface area contributed by atoms with E-state index in [0.29, 0.717) is 0 Å². The van der Waals surface area contributed by atoms with Gasteiger partial charge in [-0.05, 0) is 0 Å². The van der Waals surface area contributed by atoms with Crippen LogP contribution in [-0.2, 0) is 31.8 Å². The van der Waals surface area contributed by atoms with Crippen LogP contribution < -0.4 is 0 Å². The minimum absolute atomic E-state index is 1.33. The highest BCUT2D eigenvalue weighted by molar-refractivity contribution is 7.68. The third kappa shape index (κ3) is 6.46. The van der Waals surface area contributed by atoms with Crippen LogP contribution in [0.3, 0.4) is 0 Å². The number of hydrogen-bond acceptors (Lipinski definition) is 9. The number of aliphatic hydroxyl groups is 2. The predicted octanol–water partition coefficient (Wildman–Crippen LogP) is -2.06. The van der Waals surface area contributed by atoms with Crippen molar-refractivity contribution in [2.24, 2.45) is 0 Å². The lowest BCUT2D eigenvalue weighted by Gasteiger charge is -2.19. The fourth-order valence-electron chi connectivity index (χ4n) is 1.31. The van der Waals surface area contributed by atoms with E-state index in [1.54, 1.807) is 0 Å². The quantitative estimate of drug-likeness (QED) is 0.206. The lowest BCUT2D eigenvalue weighted by atomic mass is 9.94. The van der Waals surface area contributed by atoms with Crippen molar-refractivity contribution in [3.63, 3.8) is 0 Å². The molecule has 22 heavy (non-hydrogen) atoms. The van der Waals surface area contributed by atoms with Crippen LogP contribution >= 0.6 is 23.2 Å². The van der Waals surface area contributed by atoms with Gasteiger partial charge in [0.05, 0.1) is 0 Å². The Labute approximate surface area is 124 Å². The number of aliphatic hydroxyl groups excluding tert-OH is 2. The molecule has 1 aliphatic heterocycles. The molecule has 13 nitrogen and oxygen atoms in total. The van der Waals surface area contributed by atoms with E-state index in [1.807, 2.05) is 0 Å². The number of rotatable bonds is 7. The standard InChI is InChI=1S/C5H12BO13P3/c6-4-2(7)3(8)5(17-4)16-1-20(9,10)18-22(14,15)19-21(11,12)13/h2-5,7-8H,1H2,(H,9,10)(H,14,15)(H2,11,12,13)/t2?,3?,4-,5+/m1/s1. The first-order chi connectivity index (χ1) is 9.72. The predicted molar refractivity (Wildman–Crippen MR) is 66.2 cm³/mol. The Balaban J connectivity index is 2.60. The van der Waals surface area contributed by atoms with Crippen LogP contribution in [0.4, 0.5) is 0 Å². The van der Waals surface area contributed by atoms with Crippen molar-refractivity contribution >= 4 is 31.1 Å². The van der Waals surface area contributed by atoms with E-state index >= 15 is 0 Å². The van der Waals surface area contributed by atoms with E-state index in [4.69, 9.17) is 22.5 Å². The summed E-state index contributed by atoms with van der Waals surface area (Å²) >= 11 is 0. The Kier molecular flexibility index (Phi) is 6.56. The molecule has 0 spiro atoms. The summed E-state index contributed by atoms with van der Waals surface area (Å²) in [6, 6.07) is -1.33. The molecule has 128 valence electrons. The zero-order chi connectivity index (χ0) is 17.3. The number of phosphoric acid groups is 2. The minimum Gasteiger partial charge on any atom is -0.388 e. The van der Waals surface area contributed by atoms with E-state index in [9.17, 15) is 28.8 Å². The largest absolute Gasteiger partial charge is 0.488 e. The summed E-state index contributed by atoms with van der Waals surface area (Å²) in [4.78, 5) is 34.8. The highest BCUT2D eigenvalue weighted by atomic mass is 31.3. The van der Waals surface area contributed by atoms with Crippen molar-refractivity contribution in [1.29, 1.82) is 0 Å². The summed E-state index contributed by atoms with van der Waals surface area (Å²) in [5.74, 6) is 0. The van der Waals surface area contributed by atoms with Crippen LogP contribution in [0.2, 0.25) is 0 Å². The van der Waals surface area contributed by atoms with Crippen LogP contribution in [0.25, 0.3) is 0 Å². The average molecular weight is 384 g/mol. The zero-order valence-electron chi connectivity index (χ0n) is 10.5. The lowest BCUT2D eigenvalue weighted by Crippen LogP contribution is -2.33. The van der Waals surface area contributed by atoms with Gasteiger partial charge in [-0.2, -0.15) is 4.31 Å². The van der Waals surface area contributed by atoms with Gasteiger partial charge in [0.1, 0.15) is 20.1 Å². The molecule has 6 atom stereocenters. The molecule has 0 amide bonds. The second-order valence-electron chi connectivity index (χ2n) is 4.01. The summed E-state index contributed by atoms with van der Waals surface area (Å²) in [5, 5.41) is 18.6. The molecule has 0 aliphatic carbocycles. The molecule has 0 aromatic carbocycles. The van der Waals surface area contributed by atoms with Crippen molar-refractivity contribution in [1.82, 2.24) is 0 Å². The van der Waals surface area contributed by atoms with Crippen LogP contribution in [-0.4, -0.2) is 68.5 Å². The summed E-state index contributed by atoms with van der Waals surface area (Å²) in [5.41, 5.74) is 0. The van der Waals surface area contributed by atoms with Crippen LogP contribution in [0.5, 0.6) is 0 Å². The zero-order valence-corrected chi connectivity index (χ0v) is 13.2. The molecule has 1 fully saturated rings. The second-order valence-corrected chi connectivity index (χ2v) is 8.76. The monoisotopic (exact) mass is 384 g/mol. The van der Waals surface area contributed by atoms with Gasteiger partial charge in [0.25, 0.3) is 0 Å². The van der Waals surface area contributed by atoms with Crippen LogP contribution in [0.1, 0.15) is 0 Å². The van der Waals surface area contributed by atoms with Gasteiger partial charge in [0, 0.05) is 6.00 Å². The van der Waals surface area contributed by atoms with Gasteiger partial charge in [0.15, 0.2) is 12.6 Å². The van der Waals surface area contributed by atoms with Crippen molar-refractivity contribution in [2.75, 3.05) is 6.35 Å². The third-order valence-corrected chi connectivity index (χ3v) is 6.10. The maximum atomic E-state index is 11.5. The summed E-state index contributed by atoms with van der Waals surface area (Å²) in [6.07, 6.45) is -6.16. The Hall–Kier alpha value is 0.355. The second kappa shape index (κ2) is 7.08. The van der Waals surface area contributed by atoms with Gasteiger partial charge in [-0.3, -0.25) is 4.57 Å². The number of hydrogen-bond donors (Lipinski definition) is 6. The molecule has 0 aromatic rings. The highest BCUT2D eigenvalue weighted by Gasteiger charge is 2.44. The SMILES string of the molecule is [B][C@@H]1O[C@H](OCP(=O)(O)OP(=O)(O)OP(=O)(O)O)C(O)C1O. The Morgan fingerprint density at radius 2 is 1.55 bits per heavy atom. The van der Waals surface area contributed by atoms with Crippen molar-refractivity contribution in [3.05, 3.63) is 0 Å². The first-order valence-corrected chi connectivity index (χ1v) is 10.0. The van der Waals surface area contributed by atoms with E-state index in [0.717, 1.165) is 0 Å². The molecule has 4 unspecified atom stereocenters.